The van der Waals surface area contributed by atoms with Crippen LogP contribution in [0, 0.1) is 5.92 Å². The molecule has 0 fully saturated rings. The molecule has 1 amide bonds. The van der Waals surface area contributed by atoms with E-state index >= 15 is 0 Å². The summed E-state index contributed by atoms with van der Waals surface area (Å²) in [6, 6.07) is 8.33. The Morgan fingerprint density at radius 1 is 1.17 bits per heavy atom. The summed E-state index contributed by atoms with van der Waals surface area (Å²) in [4.78, 5) is 17.9. The third-order valence-corrected chi connectivity index (χ3v) is 3.49. The van der Waals surface area contributed by atoms with Gasteiger partial charge in [0.2, 0.25) is 5.91 Å². The highest BCUT2D eigenvalue weighted by Gasteiger charge is 2.07. The molecular formula is C18H31IN4O. The smallest absolute Gasteiger partial charge is 0.241 e. The van der Waals surface area contributed by atoms with Crippen LogP contribution in [0.15, 0.2) is 29.3 Å². The van der Waals surface area contributed by atoms with Gasteiger partial charge in [0.25, 0.3) is 0 Å². The lowest BCUT2D eigenvalue weighted by molar-refractivity contribution is -0.127. The molecule has 0 radical (unpaired) electrons. The first-order chi connectivity index (χ1) is 10.9. The van der Waals surface area contributed by atoms with Crippen molar-refractivity contribution >= 4 is 35.8 Å². The third-order valence-electron chi connectivity index (χ3n) is 3.49. The summed E-state index contributed by atoms with van der Waals surface area (Å²) in [5.74, 6) is 1.22. The fourth-order valence-corrected chi connectivity index (χ4v) is 2.01. The first-order valence-corrected chi connectivity index (χ1v) is 8.23. The highest BCUT2D eigenvalue weighted by molar-refractivity contribution is 14.0. The van der Waals surface area contributed by atoms with E-state index in [1.54, 1.807) is 19.0 Å². The Labute approximate surface area is 163 Å². The van der Waals surface area contributed by atoms with Gasteiger partial charge in [0.05, 0.1) is 13.1 Å². The highest BCUT2D eigenvalue weighted by atomic mass is 127. The summed E-state index contributed by atoms with van der Waals surface area (Å²) in [6.07, 6.45) is 0.993. The van der Waals surface area contributed by atoms with Gasteiger partial charge in [-0.1, -0.05) is 45.0 Å². The van der Waals surface area contributed by atoms with Crippen molar-refractivity contribution in [3.63, 3.8) is 0 Å². The number of rotatable bonds is 7. The minimum atomic E-state index is 0. The molecule has 5 nitrogen and oxygen atoms in total. The van der Waals surface area contributed by atoms with Gasteiger partial charge in [-0.15, -0.1) is 24.0 Å². The van der Waals surface area contributed by atoms with Crippen molar-refractivity contribution in [1.82, 2.24) is 15.5 Å². The molecule has 0 saturated heterocycles. The summed E-state index contributed by atoms with van der Waals surface area (Å²) in [6.45, 7) is 8.09. The van der Waals surface area contributed by atoms with Crippen molar-refractivity contribution in [3.8, 4) is 0 Å². The minimum Gasteiger partial charge on any atom is -0.356 e. The Bertz CT molecular complexity index is 530. The molecule has 0 aliphatic heterocycles. The molecule has 0 aromatic heterocycles. The van der Waals surface area contributed by atoms with Gasteiger partial charge in [-0.25, -0.2) is 4.99 Å². The molecule has 136 valence electrons. The third kappa shape index (κ3) is 8.52. The molecule has 0 saturated carbocycles. The number of guanidine groups is 1. The van der Waals surface area contributed by atoms with Gasteiger partial charge < -0.3 is 15.5 Å². The number of hydrogen-bond donors (Lipinski definition) is 2. The Morgan fingerprint density at radius 2 is 1.79 bits per heavy atom. The Kier molecular flexibility index (Phi) is 11.4. The molecule has 0 spiro atoms. The average Bonchev–Trinajstić information content (AvgIpc) is 2.53. The number of hydrogen-bond acceptors (Lipinski definition) is 2. The predicted molar refractivity (Wildman–Crippen MR) is 112 cm³/mol. The van der Waals surface area contributed by atoms with Gasteiger partial charge in [-0.3, -0.25) is 4.79 Å². The first kappa shape index (κ1) is 22.7. The first-order valence-electron chi connectivity index (χ1n) is 8.23. The van der Waals surface area contributed by atoms with Crippen LogP contribution in [0.3, 0.4) is 0 Å². The molecule has 0 heterocycles. The largest absolute Gasteiger partial charge is 0.356 e. The van der Waals surface area contributed by atoms with E-state index in [-0.39, 0.29) is 36.4 Å². The van der Waals surface area contributed by atoms with Crippen LogP contribution in [0.2, 0.25) is 0 Å². The van der Waals surface area contributed by atoms with Crippen LogP contribution in [0.1, 0.15) is 31.9 Å². The minimum absolute atomic E-state index is 0. The molecule has 0 atom stereocenters. The Balaban J connectivity index is 0.00000529. The standard InChI is InChI=1S/C18H30N4O.HI/c1-6-15-9-7-8-10-16(15)12-20-18(19-11-14(2)3)21-13-17(23)22(4)5;/h7-10,14H,6,11-13H2,1-5H3,(H2,19,20,21);1H. The van der Waals surface area contributed by atoms with Gasteiger partial charge in [-0.2, -0.15) is 0 Å². The lowest BCUT2D eigenvalue weighted by Crippen LogP contribution is -2.44. The summed E-state index contributed by atoms with van der Waals surface area (Å²) >= 11 is 0. The van der Waals surface area contributed by atoms with Crippen LogP contribution in [-0.4, -0.2) is 44.0 Å². The molecule has 2 N–H and O–H groups in total. The van der Waals surface area contributed by atoms with E-state index in [0.717, 1.165) is 13.0 Å². The van der Waals surface area contributed by atoms with Crippen molar-refractivity contribution in [2.45, 2.75) is 33.7 Å². The second kappa shape index (κ2) is 12.1. The van der Waals surface area contributed by atoms with Crippen molar-refractivity contribution in [1.29, 1.82) is 0 Å². The molecule has 0 unspecified atom stereocenters. The quantitative estimate of drug-likeness (QED) is 0.385. The van der Waals surface area contributed by atoms with Crippen molar-refractivity contribution < 1.29 is 4.79 Å². The van der Waals surface area contributed by atoms with Gasteiger partial charge in [0, 0.05) is 20.6 Å². The van der Waals surface area contributed by atoms with Gasteiger partial charge in [-0.05, 0) is 23.5 Å². The van der Waals surface area contributed by atoms with Gasteiger partial charge in [0.1, 0.15) is 0 Å². The summed E-state index contributed by atoms with van der Waals surface area (Å²) in [7, 11) is 3.50. The monoisotopic (exact) mass is 446 g/mol. The van der Waals surface area contributed by atoms with E-state index in [4.69, 9.17) is 0 Å². The number of benzene rings is 1. The average molecular weight is 446 g/mol. The molecule has 0 bridgehead atoms. The molecular weight excluding hydrogens is 415 g/mol. The second-order valence-electron chi connectivity index (χ2n) is 6.20. The molecule has 24 heavy (non-hydrogen) atoms. The number of likely N-dealkylation sites (N-methyl/N-ethyl adjacent to an activating group) is 1. The number of aliphatic imine (C=N–C) groups is 1. The number of carbonyl (C=O) groups excluding carboxylic acids is 1. The van der Waals surface area contributed by atoms with Crippen LogP contribution < -0.4 is 10.6 Å². The second-order valence-corrected chi connectivity index (χ2v) is 6.20. The highest BCUT2D eigenvalue weighted by Crippen LogP contribution is 2.10. The van der Waals surface area contributed by atoms with Crippen LogP contribution in [0.25, 0.3) is 0 Å². The molecule has 0 aliphatic rings. The fraction of sp³-hybridized carbons (Fsp3) is 0.556. The normalized spacial score (nSPS) is 11.0. The van der Waals surface area contributed by atoms with Gasteiger partial charge >= 0.3 is 0 Å². The lowest BCUT2D eigenvalue weighted by atomic mass is 10.1. The maximum atomic E-state index is 11.7. The maximum absolute atomic E-state index is 11.7. The zero-order valence-corrected chi connectivity index (χ0v) is 17.8. The van der Waals surface area contributed by atoms with E-state index < -0.39 is 0 Å². The maximum Gasteiger partial charge on any atom is 0.241 e. The SMILES string of the molecule is CCc1ccccc1CN=C(NCC(=O)N(C)C)NCC(C)C.I. The van der Waals surface area contributed by atoms with Gasteiger partial charge in [0.15, 0.2) is 5.96 Å². The zero-order chi connectivity index (χ0) is 17.2. The fourth-order valence-electron chi connectivity index (χ4n) is 2.01. The molecule has 1 aromatic rings. The Hall–Kier alpha value is -1.31. The molecule has 0 aliphatic carbocycles. The van der Waals surface area contributed by atoms with Crippen molar-refractivity contribution in [2.75, 3.05) is 27.2 Å². The molecule has 1 aromatic carbocycles. The van der Waals surface area contributed by atoms with E-state index in [1.165, 1.54) is 11.1 Å². The van der Waals surface area contributed by atoms with E-state index in [9.17, 15) is 4.79 Å². The number of nitrogens with zero attached hydrogens (tertiary/aromatic N) is 2. The van der Waals surface area contributed by atoms with Crippen LogP contribution in [0.4, 0.5) is 0 Å². The van der Waals surface area contributed by atoms with E-state index in [2.05, 4.69) is 54.6 Å². The number of nitrogens with one attached hydrogen (secondary N) is 2. The topological polar surface area (TPSA) is 56.7 Å². The van der Waals surface area contributed by atoms with Crippen LogP contribution in [-0.2, 0) is 17.8 Å². The lowest BCUT2D eigenvalue weighted by Gasteiger charge is -2.16. The summed E-state index contributed by atoms with van der Waals surface area (Å²) in [5.41, 5.74) is 2.53. The summed E-state index contributed by atoms with van der Waals surface area (Å²) in [5, 5.41) is 6.40. The number of amides is 1. The predicted octanol–water partition coefficient (Wildman–Crippen LogP) is 2.65. The van der Waals surface area contributed by atoms with Crippen molar-refractivity contribution in [3.05, 3.63) is 35.4 Å². The van der Waals surface area contributed by atoms with E-state index in [1.807, 2.05) is 6.07 Å². The zero-order valence-electron chi connectivity index (χ0n) is 15.4. The van der Waals surface area contributed by atoms with Crippen LogP contribution >= 0.6 is 24.0 Å². The number of halogens is 1. The molecule has 6 heteroatoms. The van der Waals surface area contributed by atoms with Crippen LogP contribution in [0.5, 0.6) is 0 Å². The van der Waals surface area contributed by atoms with E-state index in [0.29, 0.717) is 18.4 Å². The van der Waals surface area contributed by atoms with Crippen molar-refractivity contribution in [2.24, 2.45) is 10.9 Å². The Morgan fingerprint density at radius 3 is 2.33 bits per heavy atom. The number of carbonyl (C=O) groups is 1. The number of aryl methyl sites for hydroxylation is 1. The molecule has 1 rings (SSSR count). The summed E-state index contributed by atoms with van der Waals surface area (Å²) < 4.78 is 0.